The molecule has 14 rings (SSSR count). The van der Waals surface area contributed by atoms with Crippen LogP contribution in [0.2, 0.25) is 0 Å². The van der Waals surface area contributed by atoms with Crippen molar-refractivity contribution in [3.8, 4) is 0 Å². The van der Waals surface area contributed by atoms with Crippen LogP contribution in [0.15, 0.2) is 244 Å². The van der Waals surface area contributed by atoms with E-state index in [1.54, 1.807) is 86.0 Å². The van der Waals surface area contributed by atoms with Gasteiger partial charge in [-0.25, -0.2) is 33.6 Å². The average molecular weight is 1570 g/mol. The number of cyclic esters (lactones) is 3. The maximum Gasteiger partial charge on any atom is 0.331 e. The number of fused-ring (bicyclic) bond motifs is 7. The summed E-state index contributed by atoms with van der Waals surface area (Å²) in [5, 5.41) is 29.0. The van der Waals surface area contributed by atoms with Gasteiger partial charge in [0.2, 0.25) is 0 Å². The molecule has 6 aliphatic rings. The highest BCUT2D eigenvalue weighted by Crippen LogP contribution is 2.42. The first-order valence-electron chi connectivity index (χ1n) is 40.3. The zero-order valence-corrected chi connectivity index (χ0v) is 65.6. The topological polar surface area (TPSA) is 276 Å². The van der Waals surface area contributed by atoms with Crippen molar-refractivity contribution in [2.24, 2.45) is 35.5 Å². The molecule has 7 heterocycles. The molecule has 0 amide bonds. The molecule has 8 aromatic rings. The molecule has 4 aromatic heterocycles. The number of esters is 7. The lowest BCUT2D eigenvalue weighted by Crippen LogP contribution is -2.27. The number of hydrogen-bond donors (Lipinski definition) is 2. The van der Waals surface area contributed by atoms with E-state index in [4.69, 9.17) is 33.2 Å². The predicted octanol–water partition coefficient (Wildman–Crippen LogP) is 17.1. The van der Waals surface area contributed by atoms with Gasteiger partial charge in [0.15, 0.2) is 0 Å². The minimum Gasteiger partial charge on any atom is -0.460 e. The third kappa shape index (κ3) is 24.3. The quantitative estimate of drug-likeness (QED) is 0.0497. The Balaban J connectivity index is 0.000000164. The molecule has 3 aliphatic heterocycles. The number of carbonyl (C=O) groups excluding carboxylic acids is 7. The Morgan fingerprint density at radius 3 is 1.05 bits per heavy atom. The summed E-state index contributed by atoms with van der Waals surface area (Å²) in [7, 11) is 0. The van der Waals surface area contributed by atoms with Crippen LogP contribution in [0.5, 0.6) is 0 Å². The molecule has 116 heavy (non-hydrogen) atoms. The van der Waals surface area contributed by atoms with Crippen LogP contribution in [0, 0.1) is 35.5 Å². The van der Waals surface area contributed by atoms with Crippen molar-refractivity contribution in [2.45, 2.75) is 172 Å². The van der Waals surface area contributed by atoms with E-state index in [0.717, 1.165) is 123 Å². The van der Waals surface area contributed by atoms with Crippen LogP contribution in [0.3, 0.4) is 0 Å². The van der Waals surface area contributed by atoms with E-state index in [9.17, 15) is 43.8 Å². The Hall–Kier alpha value is -11.9. The van der Waals surface area contributed by atoms with Gasteiger partial charge in [0.05, 0.1) is 30.5 Å². The Bertz CT molecular complexity index is 5060. The summed E-state index contributed by atoms with van der Waals surface area (Å²) in [6.07, 6.45) is 54.8. The lowest BCUT2D eigenvalue weighted by molar-refractivity contribution is -0.146. The monoisotopic (exact) mass is 1560 g/mol. The van der Waals surface area contributed by atoms with Crippen LogP contribution in [0.4, 0.5) is 0 Å². The van der Waals surface area contributed by atoms with Gasteiger partial charge in [-0.15, -0.1) is 0 Å². The van der Waals surface area contributed by atoms with Crippen LogP contribution in [0.25, 0.3) is 67.4 Å². The molecule has 4 aromatic carbocycles. The first-order chi connectivity index (χ1) is 56.4. The molecular formula is C96H100N4O16. The van der Waals surface area contributed by atoms with Crippen LogP contribution >= 0.6 is 0 Å². The molecule has 0 unspecified atom stereocenters. The SMILES string of the molecule is C[C@H]1CCC/C=C/[C@@H]2C[C@H](O)C[C@H]2[C@H](OC(=O)/C=C/c2cncc3ccccc23)/C=C/C(=O)O1.C[C@H]1CCC/C=C/[C@@H]2C[C@H](OC(=O)/C=C/c3cncc4ccccc34)C[C@H]2[C@H](O)/C=C/C(=O)O1.C[C@H]1CCC/C=C/[C@@H]2C[C@H](OC(=O)/C=C/c3cncc4ccccc34)C[C@H]2[C@H](OC(=O)/C=C/c2cncc3ccccc23)/C=C/C(=O)O1. The van der Waals surface area contributed by atoms with Crippen molar-refractivity contribution in [3.05, 3.63) is 266 Å². The van der Waals surface area contributed by atoms with E-state index in [1.807, 2.05) is 118 Å². The molecule has 0 radical (unpaired) electrons. The second-order valence-electron chi connectivity index (χ2n) is 30.5. The van der Waals surface area contributed by atoms with Crippen molar-refractivity contribution in [3.63, 3.8) is 0 Å². The molecule has 0 bridgehead atoms. The maximum absolute atomic E-state index is 13.2. The predicted molar refractivity (Wildman–Crippen MR) is 446 cm³/mol. The summed E-state index contributed by atoms with van der Waals surface area (Å²) in [5.74, 6) is -3.73. The van der Waals surface area contributed by atoms with Crippen LogP contribution in [-0.4, -0.2) is 127 Å². The fourth-order valence-corrected chi connectivity index (χ4v) is 16.1. The molecule has 20 nitrogen and oxygen atoms in total. The van der Waals surface area contributed by atoms with Crippen molar-refractivity contribution in [1.29, 1.82) is 0 Å². The number of aliphatic hydroxyl groups excluding tert-OH is 2. The van der Waals surface area contributed by atoms with Crippen molar-refractivity contribution in [2.75, 3.05) is 0 Å². The molecule has 15 atom stereocenters. The Morgan fingerprint density at radius 1 is 0.371 bits per heavy atom. The number of pyridine rings is 4. The van der Waals surface area contributed by atoms with Gasteiger partial charge in [-0.1, -0.05) is 134 Å². The molecule has 20 heteroatoms. The number of aliphatic hydroxyl groups is 2. The second-order valence-corrected chi connectivity index (χ2v) is 30.5. The summed E-state index contributed by atoms with van der Waals surface area (Å²) < 4.78 is 39.8. The highest BCUT2D eigenvalue weighted by Gasteiger charge is 2.42. The molecule has 600 valence electrons. The number of carbonyl (C=O) groups is 7. The Morgan fingerprint density at radius 2 is 0.681 bits per heavy atom. The number of aromatic nitrogens is 4. The lowest BCUT2D eigenvalue weighted by atomic mass is 9.89. The standard InChI is InChI=1S/C40H38N2O6.2C28H31NO5/c1-27-9-3-2-4-10-28-21-33(47-39(44)18-15-31-25-41-23-29-11-5-7-13-34(29)31)22-36(28)37(17-20-38(43)46-27)48-40(45)19-16-32-26-42-24-30-12-6-8-14-35(30)32;1-19-7-3-2-4-8-20-15-23(16-25(20)26(30)12-14-27(31)33-19)34-28(32)13-11-22-18-29-17-21-9-5-6-10-24(21)22;1-19-7-3-2-4-8-20-15-23(30)16-25(20)26(12-14-27(31)33-19)34-28(32)13-11-22-18-29-17-21-9-5-6-10-24(21)22/h4-8,10-20,23-28,33,36-37H,2-3,9,21-22H2,1H3;2*4-6,8-14,17-20,23,25-26,30H,2-3,7,15-16H2,1H3/b10-4+,18-15+,19-16+,20-17+;2*8-4+,13-11+,14-12+/t27-,28+,33-,36+,37+;2*19-,20+,23-,25+,26+/m000/s1. The van der Waals surface area contributed by atoms with Crippen molar-refractivity contribution in [1.82, 2.24) is 19.9 Å². The van der Waals surface area contributed by atoms with Gasteiger partial charge in [0.25, 0.3) is 0 Å². The Labute approximate surface area is 676 Å². The number of rotatable bonds is 12. The first-order valence-corrected chi connectivity index (χ1v) is 40.3. The molecule has 3 fully saturated rings. The van der Waals surface area contributed by atoms with E-state index in [0.29, 0.717) is 38.5 Å². The van der Waals surface area contributed by atoms with Gasteiger partial charge in [-0.2, -0.15) is 0 Å². The molecule has 0 spiro atoms. The maximum atomic E-state index is 13.2. The molecule has 2 N–H and O–H groups in total. The summed E-state index contributed by atoms with van der Waals surface area (Å²) in [4.78, 5) is 106. The van der Waals surface area contributed by atoms with E-state index in [-0.39, 0.29) is 59.9 Å². The number of ether oxygens (including phenoxy) is 7. The van der Waals surface area contributed by atoms with E-state index in [1.165, 1.54) is 48.6 Å². The number of allylic oxidation sites excluding steroid dienone is 6. The summed E-state index contributed by atoms with van der Waals surface area (Å²) >= 11 is 0. The summed E-state index contributed by atoms with van der Waals surface area (Å²) in [5.41, 5.74) is 3.27. The van der Waals surface area contributed by atoms with Gasteiger partial charge in [-0.3, -0.25) is 19.9 Å². The number of hydrogen-bond acceptors (Lipinski definition) is 20. The number of nitrogens with zero attached hydrogens (tertiary/aromatic N) is 4. The molecular weight excluding hydrogens is 1470 g/mol. The third-order valence-electron chi connectivity index (χ3n) is 21.9. The van der Waals surface area contributed by atoms with Gasteiger partial charge in [0.1, 0.15) is 24.4 Å². The van der Waals surface area contributed by atoms with Crippen LogP contribution in [0.1, 0.15) is 139 Å². The Kier molecular flexibility index (Phi) is 30.2. The third-order valence-corrected chi connectivity index (χ3v) is 21.9. The van der Waals surface area contributed by atoms with Gasteiger partial charge < -0.3 is 43.4 Å². The van der Waals surface area contributed by atoms with Crippen LogP contribution < -0.4 is 0 Å². The van der Waals surface area contributed by atoms with Crippen molar-refractivity contribution >= 4 is 109 Å². The number of benzene rings is 4. The second kappa shape index (κ2) is 42.0. The van der Waals surface area contributed by atoms with Gasteiger partial charge >= 0.3 is 41.8 Å². The molecule has 0 saturated heterocycles. The minimum absolute atomic E-state index is 0.0445. The van der Waals surface area contributed by atoms with Gasteiger partial charge in [-0.05, 0) is 205 Å². The fourth-order valence-electron chi connectivity index (χ4n) is 16.1. The largest absolute Gasteiger partial charge is 0.460 e. The normalized spacial score (nSPS) is 27.8. The van der Waals surface area contributed by atoms with E-state index < -0.39 is 72.3 Å². The zero-order valence-electron chi connectivity index (χ0n) is 65.6. The highest BCUT2D eigenvalue weighted by molar-refractivity contribution is 5.98. The van der Waals surface area contributed by atoms with E-state index in [2.05, 4.69) is 56.4 Å². The first kappa shape index (κ1) is 83.6. The fraction of sp³-hybridized carbons (Fsp3) is 0.344. The smallest absolute Gasteiger partial charge is 0.331 e. The minimum atomic E-state index is -0.820. The van der Waals surface area contributed by atoms with Gasteiger partial charge in [0, 0.05) is 148 Å². The summed E-state index contributed by atoms with van der Waals surface area (Å²) in [6.45, 7) is 5.63. The summed E-state index contributed by atoms with van der Waals surface area (Å²) in [6, 6.07) is 31.3. The molecule has 3 aliphatic carbocycles. The van der Waals surface area contributed by atoms with Crippen LogP contribution in [-0.2, 0) is 66.7 Å². The lowest BCUT2D eigenvalue weighted by Gasteiger charge is -2.24. The van der Waals surface area contributed by atoms with E-state index >= 15 is 0 Å². The highest BCUT2D eigenvalue weighted by atomic mass is 16.6. The van der Waals surface area contributed by atoms with Crippen molar-refractivity contribution < 1.29 is 76.9 Å². The zero-order chi connectivity index (χ0) is 81.1. The molecule has 3 saturated carbocycles. The average Bonchev–Trinajstić information content (AvgIpc) is 1.42.